The molecular weight excluding hydrogens is 270 g/mol. The van der Waals surface area contributed by atoms with Crippen molar-refractivity contribution in [2.75, 3.05) is 0 Å². The number of carbonyl (C=O) groups is 2. The number of nitrogens with zero attached hydrogens (tertiary/aromatic N) is 1. The maximum atomic E-state index is 12.6. The topological polar surface area (TPSA) is 90.3 Å². The zero-order valence-corrected chi connectivity index (χ0v) is 11.3. The molecule has 2 aromatic heterocycles. The Morgan fingerprint density at radius 1 is 1.19 bits per heavy atom. The van der Waals surface area contributed by atoms with Crippen molar-refractivity contribution in [2.45, 2.75) is 6.92 Å². The first-order valence-electron chi connectivity index (χ1n) is 6.34. The number of nitrogen functional groups attached to an aromatic ring is 1. The lowest BCUT2D eigenvalue weighted by Crippen LogP contribution is -2.30. The van der Waals surface area contributed by atoms with Crippen LogP contribution in [0.4, 0.5) is 0 Å². The highest BCUT2D eigenvalue weighted by Crippen LogP contribution is 2.26. The molecule has 0 bridgehead atoms. The number of amides is 1. The Hall–Kier alpha value is -2.86. The molecule has 0 radical (unpaired) electrons. The van der Waals surface area contributed by atoms with E-state index in [0.717, 1.165) is 0 Å². The molecule has 3 N–H and O–H groups in total. The molecule has 6 nitrogen and oxygen atoms in total. The van der Waals surface area contributed by atoms with Crippen LogP contribution in [0.5, 0.6) is 0 Å². The highest BCUT2D eigenvalue weighted by molar-refractivity contribution is 6.12. The molecule has 2 heterocycles. The van der Waals surface area contributed by atoms with E-state index in [2.05, 4.69) is 5.43 Å². The lowest BCUT2D eigenvalue weighted by molar-refractivity contribution is 0.0935. The Morgan fingerprint density at radius 3 is 2.62 bits per heavy atom. The van der Waals surface area contributed by atoms with Gasteiger partial charge >= 0.3 is 0 Å². The summed E-state index contributed by atoms with van der Waals surface area (Å²) in [5.41, 5.74) is 3.65. The Balaban J connectivity index is 2.31. The lowest BCUT2D eigenvalue weighted by Gasteiger charge is -2.04. The van der Waals surface area contributed by atoms with Crippen LogP contribution in [-0.4, -0.2) is 16.4 Å². The van der Waals surface area contributed by atoms with Gasteiger partial charge in [-0.25, -0.2) is 5.84 Å². The van der Waals surface area contributed by atoms with Crippen LogP contribution in [0.25, 0.3) is 10.9 Å². The van der Waals surface area contributed by atoms with Crippen LogP contribution in [-0.2, 0) is 0 Å². The van der Waals surface area contributed by atoms with Gasteiger partial charge in [0.05, 0.1) is 17.3 Å². The second kappa shape index (κ2) is 4.92. The van der Waals surface area contributed by atoms with Gasteiger partial charge in [0.25, 0.3) is 11.8 Å². The van der Waals surface area contributed by atoms with Gasteiger partial charge in [0.15, 0.2) is 5.76 Å². The quantitative estimate of drug-likeness (QED) is 0.426. The summed E-state index contributed by atoms with van der Waals surface area (Å²) in [4.78, 5) is 24.6. The average Bonchev–Trinajstić information content (AvgIpc) is 3.11. The molecular formula is C15H13N3O3. The minimum Gasteiger partial charge on any atom is -0.459 e. The van der Waals surface area contributed by atoms with Crippen LogP contribution >= 0.6 is 0 Å². The van der Waals surface area contributed by atoms with Gasteiger partial charge in [-0.2, -0.15) is 0 Å². The average molecular weight is 283 g/mol. The van der Waals surface area contributed by atoms with Crippen molar-refractivity contribution in [2.24, 2.45) is 5.84 Å². The van der Waals surface area contributed by atoms with E-state index in [-0.39, 0.29) is 11.7 Å². The number of nitrogens with two attached hydrogens (primary N) is 1. The van der Waals surface area contributed by atoms with Crippen molar-refractivity contribution >= 4 is 22.7 Å². The summed E-state index contributed by atoms with van der Waals surface area (Å²) >= 11 is 0. The molecule has 0 fully saturated rings. The molecule has 0 saturated carbocycles. The summed E-state index contributed by atoms with van der Waals surface area (Å²) in [6.45, 7) is 1.70. The molecule has 0 spiro atoms. The van der Waals surface area contributed by atoms with Gasteiger partial charge in [0.1, 0.15) is 0 Å². The number of hydrazine groups is 1. The van der Waals surface area contributed by atoms with Crippen molar-refractivity contribution in [3.8, 4) is 0 Å². The van der Waals surface area contributed by atoms with E-state index in [4.69, 9.17) is 10.3 Å². The van der Waals surface area contributed by atoms with E-state index in [1.807, 2.05) is 0 Å². The van der Waals surface area contributed by atoms with Gasteiger partial charge < -0.3 is 4.42 Å². The monoisotopic (exact) mass is 283 g/mol. The fourth-order valence-electron chi connectivity index (χ4n) is 2.50. The zero-order chi connectivity index (χ0) is 15.0. The number of benzene rings is 1. The summed E-state index contributed by atoms with van der Waals surface area (Å²) in [5, 5.41) is 0.665. The number of hydrogen-bond acceptors (Lipinski definition) is 4. The number of aromatic nitrogens is 1. The highest BCUT2D eigenvalue weighted by atomic mass is 16.3. The molecule has 106 valence electrons. The van der Waals surface area contributed by atoms with Gasteiger partial charge in [0.2, 0.25) is 0 Å². The summed E-state index contributed by atoms with van der Waals surface area (Å²) in [6.07, 6.45) is 1.43. The van der Waals surface area contributed by atoms with Gasteiger partial charge in [-0.1, -0.05) is 18.2 Å². The fraction of sp³-hybridized carbons (Fsp3) is 0.0667. The fourth-order valence-corrected chi connectivity index (χ4v) is 2.50. The van der Waals surface area contributed by atoms with Crippen molar-refractivity contribution in [1.29, 1.82) is 0 Å². The van der Waals surface area contributed by atoms with Crippen molar-refractivity contribution in [3.63, 3.8) is 0 Å². The molecule has 1 amide bonds. The van der Waals surface area contributed by atoms with E-state index in [1.165, 1.54) is 10.8 Å². The molecule has 0 aliphatic carbocycles. The summed E-state index contributed by atoms with van der Waals surface area (Å²) in [6, 6.07) is 10.4. The Labute approximate surface area is 120 Å². The second-order valence-corrected chi connectivity index (χ2v) is 4.57. The highest BCUT2D eigenvalue weighted by Gasteiger charge is 2.24. The van der Waals surface area contributed by atoms with Gasteiger partial charge in [0, 0.05) is 11.1 Å². The van der Waals surface area contributed by atoms with E-state index in [0.29, 0.717) is 22.2 Å². The minimum atomic E-state index is -0.435. The van der Waals surface area contributed by atoms with Crippen LogP contribution in [0.15, 0.2) is 47.1 Å². The molecule has 0 aliphatic rings. The predicted octanol–water partition coefficient (Wildman–Crippen LogP) is 1.83. The molecule has 0 aliphatic heterocycles. The predicted molar refractivity (Wildman–Crippen MR) is 76.8 cm³/mol. The Bertz CT molecular complexity index is 831. The Kier molecular flexibility index (Phi) is 3.08. The van der Waals surface area contributed by atoms with Gasteiger partial charge in [-0.05, 0) is 25.1 Å². The SMILES string of the molecule is Cc1c(C(=O)NN)c2ccccc2n1C(=O)c1ccco1. The van der Waals surface area contributed by atoms with Crippen molar-refractivity contribution < 1.29 is 14.0 Å². The van der Waals surface area contributed by atoms with Gasteiger partial charge in [-0.3, -0.25) is 19.6 Å². The number of furan rings is 1. The standard InChI is InChI=1S/C15H13N3O3/c1-9-13(14(19)17-16)10-5-2-3-6-11(10)18(9)15(20)12-7-4-8-21-12/h2-8H,16H2,1H3,(H,17,19). The summed E-state index contributed by atoms with van der Waals surface area (Å²) in [7, 11) is 0. The molecule has 3 rings (SSSR count). The van der Waals surface area contributed by atoms with E-state index in [9.17, 15) is 9.59 Å². The lowest BCUT2D eigenvalue weighted by atomic mass is 10.1. The number of para-hydroxylation sites is 1. The smallest absolute Gasteiger partial charge is 0.298 e. The maximum Gasteiger partial charge on any atom is 0.298 e. The third-order valence-electron chi connectivity index (χ3n) is 3.40. The third-order valence-corrected chi connectivity index (χ3v) is 3.40. The van der Waals surface area contributed by atoms with Crippen LogP contribution in [0.3, 0.4) is 0 Å². The first-order chi connectivity index (χ1) is 10.1. The molecule has 0 saturated heterocycles. The molecule has 1 aromatic carbocycles. The zero-order valence-electron chi connectivity index (χ0n) is 11.3. The van der Waals surface area contributed by atoms with Crippen LogP contribution in [0.2, 0.25) is 0 Å². The van der Waals surface area contributed by atoms with Crippen LogP contribution in [0.1, 0.15) is 26.6 Å². The number of fused-ring (bicyclic) bond motifs is 1. The third kappa shape index (κ3) is 1.93. The molecule has 0 unspecified atom stereocenters. The molecule has 0 atom stereocenters. The largest absolute Gasteiger partial charge is 0.459 e. The normalized spacial score (nSPS) is 10.8. The number of rotatable bonds is 2. The summed E-state index contributed by atoms with van der Waals surface area (Å²) < 4.78 is 6.61. The van der Waals surface area contributed by atoms with E-state index >= 15 is 0 Å². The Morgan fingerprint density at radius 2 is 1.95 bits per heavy atom. The molecule has 6 heteroatoms. The van der Waals surface area contributed by atoms with Crippen LogP contribution < -0.4 is 11.3 Å². The minimum absolute atomic E-state index is 0.207. The number of nitrogens with one attached hydrogen (secondary N) is 1. The van der Waals surface area contributed by atoms with Gasteiger partial charge in [-0.15, -0.1) is 0 Å². The first-order valence-corrected chi connectivity index (χ1v) is 6.34. The van der Waals surface area contributed by atoms with Crippen molar-refractivity contribution in [1.82, 2.24) is 9.99 Å². The maximum absolute atomic E-state index is 12.6. The van der Waals surface area contributed by atoms with Crippen molar-refractivity contribution in [3.05, 3.63) is 59.7 Å². The molecule has 3 aromatic rings. The van der Waals surface area contributed by atoms with E-state index < -0.39 is 5.91 Å². The number of hydrogen-bond donors (Lipinski definition) is 2. The van der Waals surface area contributed by atoms with Crippen LogP contribution in [0, 0.1) is 6.92 Å². The number of carbonyl (C=O) groups excluding carboxylic acids is 2. The second-order valence-electron chi connectivity index (χ2n) is 4.57. The first kappa shape index (κ1) is 13.1. The summed E-state index contributed by atoms with van der Waals surface area (Å²) in [5.74, 6) is 4.67. The van der Waals surface area contributed by atoms with E-state index in [1.54, 1.807) is 43.3 Å². The molecule has 21 heavy (non-hydrogen) atoms.